The van der Waals surface area contributed by atoms with Gasteiger partial charge in [0.15, 0.2) is 6.29 Å². The molecule has 1 saturated heterocycles. The monoisotopic (exact) mass is 261 g/mol. The standard InChI is InChI=1S/C12H20ClNO3/c1-4-5-14(11(15)6-13)7-12-16-8-9(2)10(3)17-12/h4,9-10,12H,1,5-8H2,2-3H3. The van der Waals surface area contributed by atoms with Crippen molar-refractivity contribution >= 4 is 17.5 Å². The Balaban J connectivity index is 2.49. The molecule has 1 fully saturated rings. The quantitative estimate of drug-likeness (QED) is 0.558. The minimum absolute atomic E-state index is 0.0352. The van der Waals surface area contributed by atoms with E-state index in [0.29, 0.717) is 25.6 Å². The third kappa shape index (κ3) is 4.30. The van der Waals surface area contributed by atoms with Crippen LogP contribution < -0.4 is 0 Å². The summed E-state index contributed by atoms with van der Waals surface area (Å²) in [5.74, 6) is 0.208. The molecule has 0 radical (unpaired) electrons. The van der Waals surface area contributed by atoms with Crippen LogP contribution in [0.5, 0.6) is 0 Å². The van der Waals surface area contributed by atoms with E-state index in [0.717, 1.165) is 0 Å². The summed E-state index contributed by atoms with van der Waals surface area (Å²) in [7, 11) is 0. The van der Waals surface area contributed by atoms with Crippen LogP contribution in [0.3, 0.4) is 0 Å². The number of ether oxygens (including phenoxy) is 2. The summed E-state index contributed by atoms with van der Waals surface area (Å²) in [6, 6.07) is 0. The fourth-order valence-electron chi connectivity index (χ4n) is 1.60. The maximum atomic E-state index is 11.6. The van der Waals surface area contributed by atoms with Gasteiger partial charge < -0.3 is 14.4 Å². The first kappa shape index (κ1) is 14.5. The van der Waals surface area contributed by atoms with Crippen LogP contribution in [-0.2, 0) is 14.3 Å². The van der Waals surface area contributed by atoms with Crippen LogP contribution in [0.25, 0.3) is 0 Å². The van der Waals surface area contributed by atoms with E-state index in [4.69, 9.17) is 21.1 Å². The summed E-state index contributed by atoms with van der Waals surface area (Å²) >= 11 is 5.54. The zero-order chi connectivity index (χ0) is 12.8. The van der Waals surface area contributed by atoms with Crippen LogP contribution >= 0.6 is 11.6 Å². The molecule has 5 heteroatoms. The van der Waals surface area contributed by atoms with Gasteiger partial charge in [0.25, 0.3) is 0 Å². The second-order valence-electron chi connectivity index (χ2n) is 4.30. The first-order valence-corrected chi connectivity index (χ1v) is 6.33. The van der Waals surface area contributed by atoms with E-state index in [1.54, 1.807) is 11.0 Å². The summed E-state index contributed by atoms with van der Waals surface area (Å²) in [5.41, 5.74) is 0. The second-order valence-corrected chi connectivity index (χ2v) is 4.57. The molecule has 3 unspecified atom stereocenters. The van der Waals surface area contributed by atoms with Crippen LogP contribution in [0.15, 0.2) is 12.7 Å². The van der Waals surface area contributed by atoms with Crippen molar-refractivity contribution in [2.24, 2.45) is 5.92 Å². The molecule has 1 rings (SSSR count). The fraction of sp³-hybridized carbons (Fsp3) is 0.750. The summed E-state index contributed by atoms with van der Waals surface area (Å²) < 4.78 is 11.2. The van der Waals surface area contributed by atoms with E-state index in [2.05, 4.69) is 13.5 Å². The molecule has 1 amide bonds. The second kappa shape index (κ2) is 6.99. The number of halogens is 1. The first-order valence-electron chi connectivity index (χ1n) is 5.80. The molecule has 0 N–H and O–H groups in total. The Labute approximate surface area is 108 Å². The number of hydrogen-bond donors (Lipinski definition) is 0. The number of hydrogen-bond acceptors (Lipinski definition) is 3. The Kier molecular flexibility index (Phi) is 5.95. The van der Waals surface area contributed by atoms with Crippen LogP contribution in [0.1, 0.15) is 13.8 Å². The topological polar surface area (TPSA) is 38.8 Å². The zero-order valence-electron chi connectivity index (χ0n) is 10.4. The molecule has 1 aliphatic rings. The molecule has 98 valence electrons. The van der Waals surface area contributed by atoms with Gasteiger partial charge in [-0.15, -0.1) is 18.2 Å². The number of amides is 1. The predicted molar refractivity (Wildman–Crippen MR) is 66.9 cm³/mol. The van der Waals surface area contributed by atoms with Crippen LogP contribution in [0, 0.1) is 5.92 Å². The highest BCUT2D eigenvalue weighted by atomic mass is 35.5. The van der Waals surface area contributed by atoms with E-state index >= 15 is 0 Å². The molecule has 17 heavy (non-hydrogen) atoms. The Bertz CT molecular complexity index is 272. The van der Waals surface area contributed by atoms with Crippen LogP contribution in [0.2, 0.25) is 0 Å². The average molecular weight is 262 g/mol. The Morgan fingerprint density at radius 2 is 2.29 bits per heavy atom. The summed E-state index contributed by atoms with van der Waals surface area (Å²) in [4.78, 5) is 13.1. The fourth-order valence-corrected chi connectivity index (χ4v) is 1.77. The summed E-state index contributed by atoms with van der Waals surface area (Å²) in [5, 5.41) is 0. The van der Waals surface area contributed by atoms with Gasteiger partial charge in [0.05, 0.1) is 19.3 Å². The lowest BCUT2D eigenvalue weighted by Crippen LogP contribution is -2.45. The maximum absolute atomic E-state index is 11.6. The van der Waals surface area contributed by atoms with Crippen LogP contribution in [0.4, 0.5) is 0 Å². The summed E-state index contributed by atoms with van der Waals surface area (Å²) in [6.07, 6.45) is 1.44. The smallest absolute Gasteiger partial charge is 0.237 e. The molecule has 0 saturated carbocycles. The van der Waals surface area contributed by atoms with Gasteiger partial charge in [-0.2, -0.15) is 0 Å². The van der Waals surface area contributed by atoms with Gasteiger partial charge in [-0.3, -0.25) is 4.79 Å². The first-order chi connectivity index (χ1) is 8.08. The lowest BCUT2D eigenvalue weighted by atomic mass is 10.1. The van der Waals surface area contributed by atoms with Crippen molar-refractivity contribution in [1.82, 2.24) is 4.90 Å². The van der Waals surface area contributed by atoms with Gasteiger partial charge in [-0.25, -0.2) is 0 Å². The Morgan fingerprint density at radius 1 is 1.59 bits per heavy atom. The van der Waals surface area contributed by atoms with E-state index in [-0.39, 0.29) is 24.2 Å². The molecule has 1 aliphatic heterocycles. The van der Waals surface area contributed by atoms with Crippen molar-refractivity contribution in [2.75, 3.05) is 25.6 Å². The lowest BCUT2D eigenvalue weighted by Gasteiger charge is -2.35. The Hall–Kier alpha value is -0.580. The largest absolute Gasteiger partial charge is 0.350 e. The van der Waals surface area contributed by atoms with Crippen molar-refractivity contribution < 1.29 is 14.3 Å². The third-order valence-electron chi connectivity index (χ3n) is 2.90. The van der Waals surface area contributed by atoms with E-state index < -0.39 is 0 Å². The van der Waals surface area contributed by atoms with Crippen molar-refractivity contribution in [3.05, 3.63) is 12.7 Å². The molecule has 1 heterocycles. The number of rotatable bonds is 5. The van der Waals surface area contributed by atoms with Crippen molar-refractivity contribution in [3.63, 3.8) is 0 Å². The number of carbonyl (C=O) groups is 1. The van der Waals surface area contributed by atoms with Gasteiger partial charge >= 0.3 is 0 Å². The highest BCUT2D eigenvalue weighted by molar-refractivity contribution is 6.27. The van der Waals surface area contributed by atoms with E-state index in [9.17, 15) is 4.79 Å². The SMILES string of the molecule is C=CCN(CC1OCC(C)C(C)O1)C(=O)CCl. The highest BCUT2D eigenvalue weighted by Gasteiger charge is 2.28. The molecule has 0 aromatic heterocycles. The molecule has 0 spiro atoms. The predicted octanol–water partition coefficient (Wildman–Crippen LogP) is 1.64. The lowest BCUT2D eigenvalue weighted by molar-refractivity contribution is -0.233. The number of carbonyl (C=O) groups excluding carboxylic acids is 1. The van der Waals surface area contributed by atoms with Gasteiger partial charge in [0.1, 0.15) is 5.88 Å². The Morgan fingerprint density at radius 3 is 2.82 bits per heavy atom. The molecule has 4 nitrogen and oxygen atoms in total. The minimum Gasteiger partial charge on any atom is -0.350 e. The van der Waals surface area contributed by atoms with E-state index in [1.165, 1.54) is 0 Å². The minimum atomic E-state index is -0.367. The van der Waals surface area contributed by atoms with Crippen LogP contribution in [-0.4, -0.2) is 48.8 Å². The number of nitrogens with zero attached hydrogens (tertiary/aromatic N) is 1. The van der Waals surface area contributed by atoms with Crippen molar-refractivity contribution in [1.29, 1.82) is 0 Å². The van der Waals surface area contributed by atoms with Gasteiger partial charge in [-0.1, -0.05) is 13.0 Å². The zero-order valence-corrected chi connectivity index (χ0v) is 11.2. The van der Waals surface area contributed by atoms with Crippen molar-refractivity contribution in [2.45, 2.75) is 26.2 Å². The third-order valence-corrected chi connectivity index (χ3v) is 3.13. The molecular weight excluding hydrogens is 242 g/mol. The average Bonchev–Trinajstić information content (AvgIpc) is 2.32. The van der Waals surface area contributed by atoms with E-state index in [1.807, 2.05) is 6.92 Å². The molecule has 3 atom stereocenters. The molecule has 0 aliphatic carbocycles. The number of alkyl halides is 1. The highest BCUT2D eigenvalue weighted by Crippen LogP contribution is 2.18. The maximum Gasteiger partial charge on any atom is 0.237 e. The molecule has 0 aromatic carbocycles. The molecule has 0 aromatic rings. The molecular formula is C12H20ClNO3. The van der Waals surface area contributed by atoms with Gasteiger partial charge in [-0.05, 0) is 6.92 Å². The summed E-state index contributed by atoms with van der Waals surface area (Å²) in [6.45, 7) is 9.22. The normalized spacial score (nSPS) is 28.8. The van der Waals surface area contributed by atoms with Gasteiger partial charge in [0, 0.05) is 12.5 Å². The molecule has 0 bridgehead atoms. The van der Waals surface area contributed by atoms with Gasteiger partial charge in [0.2, 0.25) is 5.91 Å². The van der Waals surface area contributed by atoms with Crippen molar-refractivity contribution in [3.8, 4) is 0 Å².